The molecule has 0 radical (unpaired) electrons. The Morgan fingerprint density at radius 2 is 1.73 bits per heavy atom. The van der Waals surface area contributed by atoms with Crippen LogP contribution in [0.1, 0.15) is 27.0 Å². The first-order valence-electron chi connectivity index (χ1n) is 7.50. The molecule has 142 valence electrons. The Hall–Kier alpha value is -2.60. The first-order valence-corrected chi connectivity index (χ1v) is 7.91. The summed E-state index contributed by atoms with van der Waals surface area (Å²) in [4.78, 5) is 48.8. The van der Waals surface area contributed by atoms with E-state index < -0.39 is 48.1 Å². The van der Waals surface area contributed by atoms with Crippen molar-refractivity contribution in [3.05, 3.63) is 21.3 Å². The molecule has 1 aliphatic rings. The molecule has 1 N–H and O–H groups in total. The third kappa shape index (κ3) is 4.73. The van der Waals surface area contributed by atoms with Crippen LogP contribution in [0.4, 0.5) is 0 Å². The smallest absolute Gasteiger partial charge is 0.345 e. The molecule has 0 aromatic carbocycles. The second kappa shape index (κ2) is 8.19. The first kappa shape index (κ1) is 19.7. The standard InChI is InChI=1S/C14H17N3O8S/c1-6(18)23-9-5-22-13(17-14(21)16-10(26)4-15-17)12(25-8(3)20)11(9)24-7(2)19/h4,9,11-13H,5H2,1-3H3,(H,16,21,26). The summed E-state index contributed by atoms with van der Waals surface area (Å²) < 4.78 is 22.0. The Balaban J connectivity index is 2.46. The van der Waals surface area contributed by atoms with Gasteiger partial charge in [-0.1, -0.05) is 12.2 Å². The Bertz CT molecular complexity index is 819. The zero-order valence-corrected chi connectivity index (χ0v) is 15.0. The molecule has 1 aromatic rings. The van der Waals surface area contributed by atoms with Gasteiger partial charge in [0.15, 0.2) is 24.5 Å². The zero-order valence-electron chi connectivity index (χ0n) is 14.2. The third-order valence-corrected chi connectivity index (χ3v) is 3.51. The molecule has 1 saturated heterocycles. The van der Waals surface area contributed by atoms with Crippen molar-refractivity contribution in [2.75, 3.05) is 6.61 Å². The average molecular weight is 387 g/mol. The molecule has 1 aliphatic heterocycles. The topological polar surface area (TPSA) is 139 Å². The second-order valence-electron chi connectivity index (χ2n) is 5.40. The second-order valence-corrected chi connectivity index (χ2v) is 5.84. The van der Waals surface area contributed by atoms with Gasteiger partial charge in [0.2, 0.25) is 0 Å². The fourth-order valence-electron chi connectivity index (χ4n) is 2.48. The van der Waals surface area contributed by atoms with Crippen LogP contribution in [0.2, 0.25) is 0 Å². The predicted octanol–water partition coefficient (Wildman–Crippen LogP) is -0.375. The third-order valence-electron chi connectivity index (χ3n) is 3.30. The van der Waals surface area contributed by atoms with E-state index in [0.29, 0.717) is 0 Å². The van der Waals surface area contributed by atoms with Crippen LogP contribution in [-0.2, 0) is 33.3 Å². The summed E-state index contributed by atoms with van der Waals surface area (Å²) in [7, 11) is 0. The van der Waals surface area contributed by atoms with Crippen molar-refractivity contribution < 1.29 is 33.3 Å². The van der Waals surface area contributed by atoms with Crippen LogP contribution in [-0.4, -0.2) is 57.6 Å². The van der Waals surface area contributed by atoms with E-state index in [1.54, 1.807) is 0 Å². The average Bonchev–Trinajstić information content (AvgIpc) is 2.50. The van der Waals surface area contributed by atoms with Crippen molar-refractivity contribution >= 4 is 30.1 Å². The van der Waals surface area contributed by atoms with E-state index in [-0.39, 0.29) is 11.2 Å². The van der Waals surface area contributed by atoms with Gasteiger partial charge in [-0.25, -0.2) is 4.79 Å². The van der Waals surface area contributed by atoms with Gasteiger partial charge in [-0.15, -0.1) is 0 Å². The maximum Gasteiger partial charge on any atom is 0.345 e. The largest absolute Gasteiger partial charge is 0.456 e. The number of esters is 3. The van der Waals surface area contributed by atoms with Gasteiger partial charge in [0.1, 0.15) is 4.64 Å². The summed E-state index contributed by atoms with van der Waals surface area (Å²) in [6.45, 7) is 3.22. The number of hydrogen-bond acceptors (Lipinski definition) is 10. The highest BCUT2D eigenvalue weighted by Crippen LogP contribution is 2.29. The van der Waals surface area contributed by atoms with E-state index in [1.807, 2.05) is 0 Å². The summed E-state index contributed by atoms with van der Waals surface area (Å²) >= 11 is 4.82. The molecule has 12 heteroatoms. The molecular formula is C14H17N3O8S. The van der Waals surface area contributed by atoms with Crippen LogP contribution < -0.4 is 5.69 Å². The highest BCUT2D eigenvalue weighted by molar-refractivity contribution is 7.71. The van der Waals surface area contributed by atoms with Crippen LogP contribution >= 0.6 is 12.2 Å². The maximum absolute atomic E-state index is 12.1. The lowest BCUT2D eigenvalue weighted by molar-refractivity contribution is -0.242. The number of carbonyl (C=O) groups excluding carboxylic acids is 3. The summed E-state index contributed by atoms with van der Waals surface area (Å²) in [6.07, 6.45) is -3.55. The molecule has 0 saturated carbocycles. The molecule has 11 nitrogen and oxygen atoms in total. The Labute approximate surface area is 152 Å². The van der Waals surface area contributed by atoms with Crippen LogP contribution in [0.3, 0.4) is 0 Å². The quantitative estimate of drug-likeness (QED) is 0.413. The number of aromatic nitrogens is 3. The highest BCUT2D eigenvalue weighted by Gasteiger charge is 2.48. The summed E-state index contributed by atoms with van der Waals surface area (Å²) in [5.74, 6) is -2.06. The first-order chi connectivity index (χ1) is 12.2. The van der Waals surface area contributed by atoms with Crippen LogP contribution in [0, 0.1) is 4.64 Å². The number of nitrogens with one attached hydrogen (secondary N) is 1. The number of H-pyrrole nitrogens is 1. The zero-order chi connectivity index (χ0) is 19.4. The normalized spacial score (nSPS) is 25.2. The lowest BCUT2D eigenvalue weighted by atomic mass is 10.0. The van der Waals surface area contributed by atoms with E-state index in [9.17, 15) is 19.2 Å². The van der Waals surface area contributed by atoms with Crippen LogP contribution in [0.5, 0.6) is 0 Å². The van der Waals surface area contributed by atoms with E-state index in [1.165, 1.54) is 13.1 Å². The van der Waals surface area contributed by atoms with Crippen LogP contribution in [0.15, 0.2) is 11.0 Å². The van der Waals surface area contributed by atoms with Crippen molar-refractivity contribution in [2.24, 2.45) is 0 Å². The predicted molar refractivity (Wildman–Crippen MR) is 85.3 cm³/mol. The van der Waals surface area contributed by atoms with Gasteiger partial charge in [0.25, 0.3) is 0 Å². The Kier molecular flexibility index (Phi) is 6.21. The van der Waals surface area contributed by atoms with Gasteiger partial charge < -0.3 is 18.9 Å². The number of aromatic amines is 1. The SMILES string of the molecule is CC(=O)OC1COC(n2ncc(=S)[nH]c2=O)C(OC(C)=O)C1OC(C)=O. The number of hydrogen-bond donors (Lipinski definition) is 1. The summed E-state index contributed by atoms with van der Waals surface area (Å²) in [5, 5.41) is 3.86. The van der Waals surface area contributed by atoms with E-state index in [0.717, 1.165) is 18.5 Å². The van der Waals surface area contributed by atoms with E-state index >= 15 is 0 Å². The van der Waals surface area contributed by atoms with Gasteiger partial charge in [-0.2, -0.15) is 9.78 Å². The Morgan fingerprint density at radius 3 is 2.27 bits per heavy atom. The van der Waals surface area contributed by atoms with Gasteiger partial charge in [0, 0.05) is 20.8 Å². The molecule has 1 fully saturated rings. The van der Waals surface area contributed by atoms with Gasteiger partial charge in [-0.3, -0.25) is 19.4 Å². The molecule has 0 amide bonds. The molecule has 2 heterocycles. The molecule has 0 aliphatic carbocycles. The van der Waals surface area contributed by atoms with E-state index in [4.69, 9.17) is 31.2 Å². The summed E-state index contributed by atoms with van der Waals surface area (Å²) in [6, 6.07) is 0. The molecule has 0 bridgehead atoms. The minimum absolute atomic E-state index is 0.0976. The van der Waals surface area contributed by atoms with Crippen molar-refractivity contribution in [3.63, 3.8) is 0 Å². The molecule has 2 rings (SSSR count). The highest BCUT2D eigenvalue weighted by atomic mass is 32.1. The van der Waals surface area contributed by atoms with Crippen molar-refractivity contribution in [3.8, 4) is 0 Å². The minimum atomic E-state index is -1.29. The number of rotatable bonds is 4. The van der Waals surface area contributed by atoms with Crippen LogP contribution in [0.25, 0.3) is 0 Å². The van der Waals surface area contributed by atoms with Crippen molar-refractivity contribution in [2.45, 2.75) is 45.3 Å². The monoisotopic (exact) mass is 387 g/mol. The fraction of sp³-hybridized carbons (Fsp3) is 0.571. The molecule has 4 atom stereocenters. The Morgan fingerprint density at radius 1 is 1.15 bits per heavy atom. The summed E-state index contributed by atoms with van der Waals surface area (Å²) in [5.41, 5.74) is -0.716. The van der Waals surface area contributed by atoms with Crippen molar-refractivity contribution in [1.82, 2.24) is 14.8 Å². The van der Waals surface area contributed by atoms with Crippen molar-refractivity contribution in [1.29, 1.82) is 0 Å². The lowest BCUT2D eigenvalue weighted by Gasteiger charge is -2.40. The van der Waals surface area contributed by atoms with Gasteiger partial charge >= 0.3 is 23.6 Å². The minimum Gasteiger partial charge on any atom is -0.456 e. The number of carbonyl (C=O) groups is 3. The fourth-order valence-corrected chi connectivity index (χ4v) is 2.61. The van der Waals surface area contributed by atoms with E-state index in [2.05, 4.69) is 10.1 Å². The molecule has 26 heavy (non-hydrogen) atoms. The van der Waals surface area contributed by atoms with Gasteiger partial charge in [-0.05, 0) is 0 Å². The van der Waals surface area contributed by atoms with Gasteiger partial charge in [0.05, 0.1) is 12.8 Å². The number of nitrogens with zero attached hydrogens (tertiary/aromatic N) is 2. The maximum atomic E-state index is 12.1. The number of ether oxygens (including phenoxy) is 4. The molecule has 0 spiro atoms. The lowest BCUT2D eigenvalue weighted by Crippen LogP contribution is -2.57. The molecular weight excluding hydrogens is 370 g/mol. The molecule has 1 aromatic heterocycles. The molecule has 4 unspecified atom stereocenters.